The van der Waals surface area contributed by atoms with Gasteiger partial charge in [-0.2, -0.15) is 0 Å². The van der Waals surface area contributed by atoms with E-state index in [2.05, 4.69) is 20.3 Å². The Labute approximate surface area is 203 Å². The highest BCUT2D eigenvalue weighted by Crippen LogP contribution is 2.39. The number of amides is 2. The van der Waals surface area contributed by atoms with Gasteiger partial charge in [0.2, 0.25) is 5.91 Å². The van der Waals surface area contributed by atoms with Gasteiger partial charge in [-0.3, -0.25) is 9.59 Å². The molecule has 8 nitrogen and oxygen atoms in total. The van der Waals surface area contributed by atoms with E-state index < -0.39 is 5.82 Å². The van der Waals surface area contributed by atoms with Crippen molar-refractivity contribution >= 4 is 22.8 Å². The van der Waals surface area contributed by atoms with Crippen molar-refractivity contribution in [3.8, 4) is 17.0 Å². The number of halogens is 1. The molecule has 1 aliphatic heterocycles. The van der Waals surface area contributed by atoms with Crippen molar-refractivity contribution in [1.82, 2.24) is 25.2 Å². The summed E-state index contributed by atoms with van der Waals surface area (Å²) in [5, 5.41) is 3.09. The van der Waals surface area contributed by atoms with Crippen LogP contribution in [0, 0.1) is 25.6 Å². The fraction of sp³-hybridized carbons (Fsp3) is 0.462. The molecule has 2 N–H and O–H groups in total. The number of benzene rings is 1. The number of aromatic nitrogens is 3. The number of hydrogen-bond donors (Lipinski definition) is 2. The number of carbonyl (C=O) groups excluding carboxylic acids is 2. The number of ether oxygens (including phenoxy) is 1. The van der Waals surface area contributed by atoms with Crippen LogP contribution in [0.2, 0.25) is 0 Å². The Bertz CT molecular complexity index is 1290. The van der Waals surface area contributed by atoms with E-state index in [0.29, 0.717) is 77.8 Å². The van der Waals surface area contributed by atoms with Crippen LogP contribution in [0.25, 0.3) is 22.3 Å². The maximum absolute atomic E-state index is 15.4. The Kier molecular flexibility index (Phi) is 6.17. The molecule has 0 radical (unpaired) electrons. The van der Waals surface area contributed by atoms with E-state index in [-0.39, 0.29) is 23.4 Å². The predicted molar refractivity (Wildman–Crippen MR) is 130 cm³/mol. The van der Waals surface area contributed by atoms with Crippen LogP contribution >= 0.6 is 0 Å². The standard InChI is InChI=1S/C26H30FN5O3/c1-14-4-7-19(35-12-17-5-6-17)21(22(14)27)24-25-23(28-13-29-24)20(15(2)30-25)26(34)31-18-8-10-32(11-9-18)16(3)33/h4,7,13,17-18,30H,5-6,8-12H2,1-3H3,(H,31,34). The number of nitrogens with zero attached hydrogens (tertiary/aromatic N) is 3. The molecule has 2 amide bonds. The van der Waals surface area contributed by atoms with Crippen molar-refractivity contribution in [2.75, 3.05) is 19.7 Å². The number of fused-ring (bicyclic) bond motifs is 1. The van der Waals surface area contributed by atoms with Crippen molar-refractivity contribution in [1.29, 1.82) is 0 Å². The highest BCUT2D eigenvalue weighted by atomic mass is 19.1. The quantitative estimate of drug-likeness (QED) is 0.558. The van der Waals surface area contributed by atoms with Gasteiger partial charge in [0.1, 0.15) is 29.1 Å². The lowest BCUT2D eigenvalue weighted by molar-refractivity contribution is -0.129. The summed E-state index contributed by atoms with van der Waals surface area (Å²) in [5.41, 5.74) is 3.15. The Morgan fingerprint density at radius 1 is 1.17 bits per heavy atom. The third-order valence-electron chi connectivity index (χ3n) is 6.98. The number of piperidine rings is 1. The van der Waals surface area contributed by atoms with Crippen molar-refractivity contribution in [3.63, 3.8) is 0 Å². The molecule has 2 aliphatic rings. The molecule has 2 fully saturated rings. The summed E-state index contributed by atoms with van der Waals surface area (Å²) in [4.78, 5) is 38.7. The van der Waals surface area contributed by atoms with Crippen LogP contribution in [0.1, 0.15) is 54.2 Å². The predicted octanol–water partition coefficient (Wildman–Crippen LogP) is 3.91. The molecule has 1 saturated carbocycles. The SMILES string of the molecule is CC(=O)N1CCC(NC(=O)c2c(C)[nH]c3c(-c4c(OCC5CC5)ccc(C)c4F)ncnc23)CC1. The first kappa shape index (κ1) is 23.3. The molecule has 1 saturated heterocycles. The number of likely N-dealkylation sites (tertiary alicyclic amines) is 1. The molecule has 3 heterocycles. The zero-order valence-electron chi connectivity index (χ0n) is 20.3. The van der Waals surface area contributed by atoms with Crippen LogP contribution < -0.4 is 10.1 Å². The average molecular weight is 480 g/mol. The van der Waals surface area contributed by atoms with Gasteiger partial charge in [-0.1, -0.05) is 6.07 Å². The average Bonchev–Trinajstić information content (AvgIpc) is 3.60. The first-order chi connectivity index (χ1) is 16.8. The molecule has 0 bridgehead atoms. The van der Waals surface area contributed by atoms with Crippen LogP contribution in [0.3, 0.4) is 0 Å². The van der Waals surface area contributed by atoms with Crippen LogP contribution in [0.5, 0.6) is 5.75 Å². The number of carbonyl (C=O) groups is 2. The molecule has 5 rings (SSSR count). The van der Waals surface area contributed by atoms with Gasteiger partial charge in [0.05, 0.1) is 23.3 Å². The molecule has 1 aliphatic carbocycles. The van der Waals surface area contributed by atoms with E-state index in [1.165, 1.54) is 6.33 Å². The Balaban J connectivity index is 1.47. The van der Waals surface area contributed by atoms with E-state index in [4.69, 9.17) is 4.74 Å². The molecule has 184 valence electrons. The summed E-state index contributed by atoms with van der Waals surface area (Å²) in [5.74, 6) is 0.372. The lowest BCUT2D eigenvalue weighted by Gasteiger charge is -2.31. The summed E-state index contributed by atoms with van der Waals surface area (Å²) in [6, 6.07) is 3.46. The second kappa shape index (κ2) is 9.28. The van der Waals surface area contributed by atoms with E-state index >= 15 is 4.39 Å². The highest BCUT2D eigenvalue weighted by Gasteiger charge is 2.28. The van der Waals surface area contributed by atoms with Crippen LogP contribution in [-0.2, 0) is 4.79 Å². The largest absolute Gasteiger partial charge is 0.492 e. The summed E-state index contributed by atoms with van der Waals surface area (Å²) < 4.78 is 21.4. The van der Waals surface area contributed by atoms with Gasteiger partial charge in [-0.25, -0.2) is 14.4 Å². The maximum Gasteiger partial charge on any atom is 0.255 e. The molecule has 0 unspecified atom stereocenters. The summed E-state index contributed by atoms with van der Waals surface area (Å²) in [7, 11) is 0. The second-order valence-corrected chi connectivity index (χ2v) is 9.65. The first-order valence-electron chi connectivity index (χ1n) is 12.2. The van der Waals surface area contributed by atoms with Gasteiger partial charge in [0.15, 0.2) is 0 Å². The lowest BCUT2D eigenvalue weighted by Crippen LogP contribution is -2.46. The van der Waals surface area contributed by atoms with Crippen LogP contribution in [0.15, 0.2) is 18.5 Å². The van der Waals surface area contributed by atoms with Gasteiger partial charge in [-0.15, -0.1) is 0 Å². The minimum Gasteiger partial charge on any atom is -0.492 e. The number of aromatic amines is 1. The third kappa shape index (κ3) is 4.59. The number of H-pyrrole nitrogens is 1. The van der Waals surface area contributed by atoms with Gasteiger partial charge in [0.25, 0.3) is 5.91 Å². The topological polar surface area (TPSA) is 100 Å². The minimum atomic E-state index is -0.395. The van der Waals surface area contributed by atoms with E-state index in [1.807, 2.05) is 0 Å². The zero-order chi connectivity index (χ0) is 24.7. The van der Waals surface area contributed by atoms with Crippen molar-refractivity contribution < 1.29 is 18.7 Å². The van der Waals surface area contributed by atoms with Gasteiger partial charge >= 0.3 is 0 Å². The summed E-state index contributed by atoms with van der Waals surface area (Å²) in [6.07, 6.45) is 5.01. The fourth-order valence-corrected chi connectivity index (χ4v) is 4.68. The van der Waals surface area contributed by atoms with Crippen molar-refractivity contribution in [3.05, 3.63) is 41.1 Å². The smallest absolute Gasteiger partial charge is 0.255 e. The van der Waals surface area contributed by atoms with E-state index in [9.17, 15) is 9.59 Å². The van der Waals surface area contributed by atoms with Crippen molar-refractivity contribution in [2.24, 2.45) is 5.92 Å². The fourth-order valence-electron chi connectivity index (χ4n) is 4.68. The minimum absolute atomic E-state index is 0.0274. The molecule has 2 aromatic heterocycles. The van der Waals surface area contributed by atoms with Gasteiger partial charge in [-0.05, 0) is 57.1 Å². The Hall–Kier alpha value is -3.49. The van der Waals surface area contributed by atoms with Crippen LogP contribution in [-0.4, -0.2) is 57.4 Å². The normalized spacial score (nSPS) is 16.5. The second-order valence-electron chi connectivity index (χ2n) is 9.65. The molecule has 0 spiro atoms. The molecule has 1 aromatic carbocycles. The number of nitrogens with one attached hydrogen (secondary N) is 2. The van der Waals surface area contributed by atoms with Crippen LogP contribution in [0.4, 0.5) is 4.39 Å². The Morgan fingerprint density at radius 3 is 2.60 bits per heavy atom. The number of hydrogen-bond acceptors (Lipinski definition) is 5. The third-order valence-corrected chi connectivity index (χ3v) is 6.98. The van der Waals surface area contributed by atoms with Gasteiger partial charge < -0.3 is 19.9 Å². The molecular weight excluding hydrogens is 449 g/mol. The maximum atomic E-state index is 15.4. The summed E-state index contributed by atoms with van der Waals surface area (Å²) in [6.45, 7) is 6.86. The molecule has 0 atom stereocenters. The Morgan fingerprint density at radius 2 is 1.91 bits per heavy atom. The summed E-state index contributed by atoms with van der Waals surface area (Å²) >= 11 is 0. The molecule has 3 aromatic rings. The number of rotatable bonds is 6. The lowest BCUT2D eigenvalue weighted by atomic mass is 10.0. The van der Waals surface area contributed by atoms with E-state index in [0.717, 1.165) is 12.8 Å². The molecule has 9 heteroatoms. The van der Waals surface area contributed by atoms with Gasteiger partial charge in [0, 0.05) is 31.7 Å². The monoisotopic (exact) mass is 479 g/mol. The zero-order valence-corrected chi connectivity index (χ0v) is 20.3. The molecular formula is C26H30FN5O3. The van der Waals surface area contributed by atoms with E-state index in [1.54, 1.807) is 37.8 Å². The molecule has 35 heavy (non-hydrogen) atoms. The highest BCUT2D eigenvalue weighted by molar-refractivity contribution is 6.09. The van der Waals surface area contributed by atoms with Crippen molar-refractivity contribution in [2.45, 2.75) is 52.5 Å². The number of aryl methyl sites for hydroxylation is 2. The first-order valence-corrected chi connectivity index (χ1v) is 12.2.